The number of rotatable bonds is 4. The van der Waals surface area contributed by atoms with Crippen LogP contribution in [-0.4, -0.2) is 29.3 Å². The van der Waals surface area contributed by atoms with Crippen LogP contribution < -0.4 is 0 Å². The van der Waals surface area contributed by atoms with E-state index in [1.807, 2.05) is 0 Å². The zero-order valence-electron chi connectivity index (χ0n) is 14.0. The molecule has 1 aliphatic carbocycles. The maximum Gasteiger partial charge on any atom is 0.427 e. The fraction of sp³-hybridized carbons (Fsp3) is 0.389. The third-order valence-electron chi connectivity index (χ3n) is 4.75. The van der Waals surface area contributed by atoms with Gasteiger partial charge in [0.25, 0.3) is 5.60 Å². The lowest BCUT2D eigenvalue weighted by Gasteiger charge is -2.46. The molecular formula is C18H15F7O2. The molecule has 148 valence electrons. The van der Waals surface area contributed by atoms with Crippen molar-refractivity contribution in [3.05, 3.63) is 53.4 Å². The summed E-state index contributed by atoms with van der Waals surface area (Å²) in [5.74, 6) is -1.99. The van der Waals surface area contributed by atoms with E-state index in [1.165, 1.54) is 19.1 Å². The molecule has 1 atom stereocenters. The van der Waals surface area contributed by atoms with Crippen LogP contribution in [0, 0.1) is 5.41 Å². The van der Waals surface area contributed by atoms with Crippen LogP contribution in [0.15, 0.2) is 47.8 Å². The summed E-state index contributed by atoms with van der Waals surface area (Å²) in [6.07, 6.45) is -14.3. The Bertz CT molecular complexity index is 761. The third kappa shape index (κ3) is 3.07. The number of hydrogen-bond acceptors (Lipinski definition) is 2. The molecule has 1 unspecified atom stereocenters. The minimum Gasteiger partial charge on any atom is -0.373 e. The summed E-state index contributed by atoms with van der Waals surface area (Å²) in [5, 5.41) is 9.72. The molecule has 0 fully saturated rings. The minimum absolute atomic E-state index is 0.0124. The lowest BCUT2D eigenvalue weighted by atomic mass is 9.63. The van der Waals surface area contributed by atoms with E-state index >= 15 is 0 Å². The third-order valence-corrected chi connectivity index (χ3v) is 4.75. The SMILES string of the molecule is CCC1=C(c2ccccc2)C=C(F)C(C=O)(C(O)(C(F)(F)F)C(F)(F)F)C1. The molecule has 2 nitrogen and oxygen atoms in total. The molecule has 1 aromatic carbocycles. The van der Waals surface area contributed by atoms with Crippen molar-refractivity contribution in [3.63, 3.8) is 0 Å². The predicted molar refractivity (Wildman–Crippen MR) is 83.0 cm³/mol. The number of alkyl halides is 6. The highest BCUT2D eigenvalue weighted by Crippen LogP contribution is 2.60. The average molecular weight is 396 g/mol. The normalized spacial score (nSPS) is 21.9. The van der Waals surface area contributed by atoms with E-state index in [-0.39, 0.29) is 17.6 Å². The van der Waals surface area contributed by atoms with E-state index < -0.39 is 41.9 Å². The Labute approximate surface area is 150 Å². The van der Waals surface area contributed by atoms with Gasteiger partial charge in [0.15, 0.2) is 0 Å². The number of carbonyl (C=O) groups excluding carboxylic acids is 1. The molecule has 27 heavy (non-hydrogen) atoms. The number of allylic oxidation sites excluding steroid dienone is 3. The first kappa shape index (κ1) is 21.1. The van der Waals surface area contributed by atoms with Gasteiger partial charge >= 0.3 is 12.4 Å². The van der Waals surface area contributed by atoms with E-state index in [9.17, 15) is 40.6 Å². The Morgan fingerprint density at radius 3 is 2.00 bits per heavy atom. The van der Waals surface area contributed by atoms with Gasteiger partial charge in [-0.3, -0.25) is 0 Å². The number of benzene rings is 1. The molecule has 0 aliphatic heterocycles. The summed E-state index contributed by atoms with van der Waals surface area (Å²) in [7, 11) is 0. The van der Waals surface area contributed by atoms with Crippen molar-refractivity contribution < 1.29 is 40.6 Å². The highest BCUT2D eigenvalue weighted by atomic mass is 19.4. The second kappa shape index (κ2) is 6.78. The second-order valence-electron chi connectivity index (χ2n) is 6.20. The van der Waals surface area contributed by atoms with Crippen LogP contribution >= 0.6 is 0 Å². The highest BCUT2D eigenvalue weighted by Gasteiger charge is 2.81. The standard InChI is InChI=1S/C18H15F7O2/c1-2-11-9-15(10-26,16(27,17(20,21)22)18(23,24)25)14(19)8-13(11)12-6-4-3-5-7-12/h3-8,10,27H,2,9H2,1H3. The summed E-state index contributed by atoms with van der Waals surface area (Å²) in [6.45, 7) is 1.45. The monoisotopic (exact) mass is 396 g/mol. The quantitative estimate of drug-likeness (QED) is 0.565. The maximum atomic E-state index is 14.7. The molecule has 0 amide bonds. The molecule has 0 saturated carbocycles. The Hall–Kier alpha value is -2.16. The fourth-order valence-corrected chi connectivity index (χ4v) is 3.24. The lowest BCUT2D eigenvalue weighted by molar-refractivity contribution is -0.393. The molecule has 1 aromatic rings. The van der Waals surface area contributed by atoms with E-state index in [0.717, 1.165) is 0 Å². The predicted octanol–water partition coefficient (Wildman–Crippen LogP) is 5.15. The van der Waals surface area contributed by atoms with Crippen molar-refractivity contribution in [1.29, 1.82) is 0 Å². The second-order valence-corrected chi connectivity index (χ2v) is 6.20. The van der Waals surface area contributed by atoms with Gasteiger partial charge in [-0.2, -0.15) is 26.3 Å². The van der Waals surface area contributed by atoms with Gasteiger partial charge in [-0.1, -0.05) is 42.8 Å². The van der Waals surface area contributed by atoms with Crippen molar-refractivity contribution in [2.45, 2.75) is 37.7 Å². The van der Waals surface area contributed by atoms with Gasteiger partial charge in [0.2, 0.25) is 0 Å². The van der Waals surface area contributed by atoms with Gasteiger partial charge in [0.1, 0.15) is 17.5 Å². The highest BCUT2D eigenvalue weighted by molar-refractivity contribution is 5.83. The molecule has 9 heteroatoms. The van der Waals surface area contributed by atoms with Crippen LogP contribution in [-0.2, 0) is 4.79 Å². The van der Waals surface area contributed by atoms with Crippen molar-refractivity contribution in [3.8, 4) is 0 Å². The lowest BCUT2D eigenvalue weighted by Crippen LogP contribution is -2.68. The molecule has 0 spiro atoms. The van der Waals surface area contributed by atoms with Gasteiger partial charge in [0.05, 0.1) is 0 Å². The van der Waals surface area contributed by atoms with E-state index in [0.29, 0.717) is 11.6 Å². The maximum absolute atomic E-state index is 14.7. The average Bonchev–Trinajstić information content (AvgIpc) is 2.59. The number of aliphatic hydroxyl groups is 1. The molecule has 0 radical (unpaired) electrons. The minimum atomic E-state index is -6.33. The fourth-order valence-electron chi connectivity index (χ4n) is 3.24. The van der Waals surface area contributed by atoms with Gasteiger partial charge in [-0.05, 0) is 30.1 Å². The molecule has 1 N–H and O–H groups in total. The summed E-state index contributed by atoms with van der Waals surface area (Å²) in [6, 6.07) is 7.75. The van der Waals surface area contributed by atoms with Crippen LogP contribution in [0.5, 0.6) is 0 Å². The van der Waals surface area contributed by atoms with Gasteiger partial charge in [-0.15, -0.1) is 0 Å². The first-order chi connectivity index (χ1) is 12.4. The molecule has 0 saturated heterocycles. The summed E-state index contributed by atoms with van der Waals surface area (Å²) >= 11 is 0. The molecule has 0 heterocycles. The zero-order chi connectivity index (χ0) is 20.7. The Balaban J connectivity index is 2.76. The van der Waals surface area contributed by atoms with Crippen molar-refractivity contribution >= 4 is 11.9 Å². The van der Waals surface area contributed by atoms with Crippen LogP contribution in [0.2, 0.25) is 0 Å². The first-order valence-electron chi connectivity index (χ1n) is 7.83. The molecule has 0 bridgehead atoms. The number of halogens is 7. The van der Waals surface area contributed by atoms with Crippen molar-refractivity contribution in [2.24, 2.45) is 5.41 Å². The topological polar surface area (TPSA) is 37.3 Å². The van der Waals surface area contributed by atoms with E-state index in [1.54, 1.807) is 18.2 Å². The van der Waals surface area contributed by atoms with Gasteiger partial charge in [0, 0.05) is 0 Å². The molecule has 1 aliphatic rings. The van der Waals surface area contributed by atoms with Crippen molar-refractivity contribution in [1.82, 2.24) is 0 Å². The summed E-state index contributed by atoms with van der Waals surface area (Å²) < 4.78 is 94.6. The van der Waals surface area contributed by atoms with Crippen LogP contribution in [0.3, 0.4) is 0 Å². The van der Waals surface area contributed by atoms with Gasteiger partial charge in [-0.25, -0.2) is 4.39 Å². The van der Waals surface area contributed by atoms with Crippen LogP contribution in [0.4, 0.5) is 30.7 Å². The van der Waals surface area contributed by atoms with E-state index in [2.05, 4.69) is 0 Å². The Morgan fingerprint density at radius 1 is 1.07 bits per heavy atom. The number of aldehydes is 1. The summed E-state index contributed by atoms with van der Waals surface area (Å²) in [5.41, 5.74) is -8.99. The summed E-state index contributed by atoms with van der Waals surface area (Å²) in [4.78, 5) is 11.5. The largest absolute Gasteiger partial charge is 0.427 e. The Kier molecular flexibility index (Phi) is 5.31. The van der Waals surface area contributed by atoms with E-state index in [4.69, 9.17) is 0 Å². The zero-order valence-corrected chi connectivity index (χ0v) is 14.0. The first-order valence-corrected chi connectivity index (χ1v) is 7.83. The number of hydrogen-bond donors (Lipinski definition) is 1. The Morgan fingerprint density at radius 2 is 1.59 bits per heavy atom. The molecule has 2 rings (SSSR count). The van der Waals surface area contributed by atoms with Crippen LogP contribution in [0.25, 0.3) is 5.57 Å². The molecular weight excluding hydrogens is 381 g/mol. The van der Waals surface area contributed by atoms with Crippen LogP contribution in [0.1, 0.15) is 25.3 Å². The van der Waals surface area contributed by atoms with Gasteiger partial charge < -0.3 is 9.90 Å². The number of carbonyl (C=O) groups is 1. The van der Waals surface area contributed by atoms with Crippen molar-refractivity contribution in [2.75, 3.05) is 0 Å². The smallest absolute Gasteiger partial charge is 0.373 e. The molecule has 0 aromatic heterocycles.